The third-order valence-electron chi connectivity index (χ3n) is 5.75. The van der Waals surface area contributed by atoms with Gasteiger partial charge in [-0.3, -0.25) is 4.79 Å². The number of amides is 1. The van der Waals surface area contributed by atoms with E-state index in [-0.39, 0.29) is 17.2 Å². The largest absolute Gasteiger partial charge is 0.496 e. The second kappa shape index (κ2) is 12.4. The van der Waals surface area contributed by atoms with E-state index in [0.29, 0.717) is 31.8 Å². The molecule has 1 heterocycles. The molecule has 1 N–H and O–H groups in total. The van der Waals surface area contributed by atoms with Gasteiger partial charge in [0.25, 0.3) is 0 Å². The SMILES string of the molecule is COc1ccc(S(=O)(=O)N2CCCCC2)cc1CCC(=O)NCCSCc1cccc(C)c1. The van der Waals surface area contributed by atoms with Gasteiger partial charge in [-0.15, -0.1) is 0 Å². The van der Waals surface area contributed by atoms with Crippen molar-refractivity contribution >= 4 is 27.7 Å². The molecule has 2 aromatic carbocycles. The molecule has 33 heavy (non-hydrogen) atoms. The summed E-state index contributed by atoms with van der Waals surface area (Å²) < 4.78 is 33.0. The van der Waals surface area contributed by atoms with E-state index < -0.39 is 10.0 Å². The Hall–Kier alpha value is -2.03. The van der Waals surface area contributed by atoms with Crippen LogP contribution in [0.25, 0.3) is 0 Å². The van der Waals surface area contributed by atoms with Gasteiger partial charge >= 0.3 is 0 Å². The number of hydrogen-bond donors (Lipinski definition) is 1. The van der Waals surface area contributed by atoms with E-state index in [4.69, 9.17) is 4.74 Å². The van der Waals surface area contributed by atoms with Crippen molar-refractivity contribution < 1.29 is 17.9 Å². The minimum absolute atomic E-state index is 0.0440. The maximum absolute atomic E-state index is 13.0. The van der Waals surface area contributed by atoms with Gasteiger partial charge in [0.15, 0.2) is 0 Å². The van der Waals surface area contributed by atoms with Crippen LogP contribution in [0.2, 0.25) is 0 Å². The lowest BCUT2D eigenvalue weighted by Crippen LogP contribution is -2.35. The predicted molar refractivity (Wildman–Crippen MR) is 134 cm³/mol. The Morgan fingerprint density at radius 3 is 2.64 bits per heavy atom. The van der Waals surface area contributed by atoms with Crippen molar-refractivity contribution in [2.45, 2.75) is 49.7 Å². The van der Waals surface area contributed by atoms with E-state index in [2.05, 4.69) is 36.5 Å². The van der Waals surface area contributed by atoms with Gasteiger partial charge in [0.05, 0.1) is 12.0 Å². The Labute approximate surface area is 202 Å². The Balaban J connectivity index is 1.49. The summed E-state index contributed by atoms with van der Waals surface area (Å²) in [5.41, 5.74) is 3.28. The maximum Gasteiger partial charge on any atom is 0.243 e. The number of nitrogens with one attached hydrogen (secondary N) is 1. The first kappa shape index (κ1) is 25.6. The molecule has 0 bridgehead atoms. The summed E-state index contributed by atoms with van der Waals surface area (Å²) in [6.45, 7) is 3.82. The molecule has 0 atom stereocenters. The average molecular weight is 491 g/mol. The molecule has 3 rings (SSSR count). The minimum atomic E-state index is -3.52. The molecule has 2 aromatic rings. The number of methoxy groups -OCH3 is 1. The fraction of sp³-hybridized carbons (Fsp3) is 0.480. The number of hydrogen-bond acceptors (Lipinski definition) is 5. The summed E-state index contributed by atoms with van der Waals surface area (Å²) in [5, 5.41) is 2.96. The van der Waals surface area contributed by atoms with E-state index in [9.17, 15) is 13.2 Å². The number of aryl methyl sites for hydroxylation is 2. The minimum Gasteiger partial charge on any atom is -0.496 e. The number of piperidine rings is 1. The molecule has 0 saturated carbocycles. The fourth-order valence-corrected chi connectivity index (χ4v) is 6.33. The topological polar surface area (TPSA) is 75.7 Å². The second-order valence-corrected chi connectivity index (χ2v) is 11.4. The van der Waals surface area contributed by atoms with Crippen LogP contribution >= 0.6 is 11.8 Å². The first-order valence-corrected chi connectivity index (χ1v) is 14.1. The highest BCUT2D eigenvalue weighted by atomic mass is 32.2. The second-order valence-electron chi connectivity index (χ2n) is 8.33. The van der Waals surface area contributed by atoms with E-state index >= 15 is 0 Å². The van der Waals surface area contributed by atoms with Crippen molar-refractivity contribution in [3.63, 3.8) is 0 Å². The molecular formula is C25H34N2O4S2. The van der Waals surface area contributed by atoms with Gasteiger partial charge in [-0.1, -0.05) is 36.2 Å². The molecule has 0 aromatic heterocycles. The number of carbonyl (C=O) groups is 1. The zero-order valence-electron chi connectivity index (χ0n) is 19.5. The van der Waals surface area contributed by atoms with Crippen molar-refractivity contribution in [2.75, 3.05) is 32.5 Å². The highest BCUT2D eigenvalue weighted by Gasteiger charge is 2.26. The van der Waals surface area contributed by atoms with Gasteiger partial charge in [-0.25, -0.2) is 8.42 Å². The number of nitrogens with zero attached hydrogens (tertiary/aromatic N) is 1. The van der Waals surface area contributed by atoms with Crippen LogP contribution in [0.15, 0.2) is 47.4 Å². The molecule has 6 nitrogen and oxygen atoms in total. The van der Waals surface area contributed by atoms with Crippen LogP contribution in [-0.4, -0.2) is 51.1 Å². The molecule has 8 heteroatoms. The third-order valence-corrected chi connectivity index (χ3v) is 8.67. The third kappa shape index (κ3) is 7.48. The summed E-state index contributed by atoms with van der Waals surface area (Å²) in [6.07, 6.45) is 3.57. The van der Waals surface area contributed by atoms with Crippen LogP contribution in [0, 0.1) is 6.92 Å². The smallest absolute Gasteiger partial charge is 0.243 e. The van der Waals surface area contributed by atoms with E-state index in [0.717, 1.165) is 36.3 Å². The summed E-state index contributed by atoms with van der Waals surface area (Å²) in [5.74, 6) is 2.33. The molecule has 0 radical (unpaired) electrons. The predicted octanol–water partition coefficient (Wildman–Crippen LogP) is 4.16. The van der Waals surface area contributed by atoms with Crippen molar-refractivity contribution in [1.82, 2.24) is 9.62 Å². The quantitative estimate of drug-likeness (QED) is 0.479. The zero-order chi connectivity index (χ0) is 23.7. The fourth-order valence-electron chi connectivity index (χ4n) is 3.96. The van der Waals surface area contributed by atoms with Gasteiger partial charge in [0, 0.05) is 37.6 Å². The molecule has 1 amide bonds. The molecule has 0 spiro atoms. The molecule has 1 fully saturated rings. The molecular weight excluding hydrogens is 456 g/mol. The monoisotopic (exact) mass is 490 g/mol. The van der Waals surface area contributed by atoms with Crippen LogP contribution in [0.5, 0.6) is 5.75 Å². The van der Waals surface area contributed by atoms with E-state index in [1.807, 2.05) is 0 Å². The van der Waals surface area contributed by atoms with Crippen LogP contribution in [-0.2, 0) is 27.0 Å². The lowest BCUT2D eigenvalue weighted by atomic mass is 10.1. The maximum atomic E-state index is 13.0. The highest BCUT2D eigenvalue weighted by Crippen LogP contribution is 2.27. The summed E-state index contributed by atoms with van der Waals surface area (Å²) in [6, 6.07) is 13.4. The summed E-state index contributed by atoms with van der Waals surface area (Å²) >= 11 is 1.79. The number of sulfonamides is 1. The van der Waals surface area contributed by atoms with E-state index in [1.54, 1.807) is 41.4 Å². The van der Waals surface area contributed by atoms with Crippen LogP contribution in [0.1, 0.15) is 42.4 Å². The zero-order valence-corrected chi connectivity index (χ0v) is 21.1. The molecule has 0 unspecified atom stereocenters. The number of ether oxygens (including phenoxy) is 1. The summed E-state index contributed by atoms with van der Waals surface area (Å²) in [4.78, 5) is 12.6. The van der Waals surface area contributed by atoms with Crippen LogP contribution in [0.3, 0.4) is 0 Å². The molecule has 0 aliphatic carbocycles. The highest BCUT2D eigenvalue weighted by molar-refractivity contribution is 7.98. The van der Waals surface area contributed by atoms with Gasteiger partial charge in [-0.2, -0.15) is 16.1 Å². The Kier molecular flexibility index (Phi) is 9.64. The number of thioether (sulfide) groups is 1. The number of benzene rings is 2. The van der Waals surface area contributed by atoms with Crippen LogP contribution < -0.4 is 10.1 Å². The van der Waals surface area contributed by atoms with Crippen molar-refractivity contribution in [3.8, 4) is 5.75 Å². The Morgan fingerprint density at radius 1 is 1.12 bits per heavy atom. The summed E-state index contributed by atoms with van der Waals surface area (Å²) in [7, 11) is -1.96. The average Bonchev–Trinajstić information content (AvgIpc) is 2.83. The molecule has 180 valence electrons. The molecule has 1 saturated heterocycles. The lowest BCUT2D eigenvalue weighted by molar-refractivity contribution is -0.120. The van der Waals surface area contributed by atoms with Gasteiger partial charge in [0.1, 0.15) is 5.75 Å². The normalized spacial score (nSPS) is 14.7. The molecule has 1 aliphatic heterocycles. The molecule has 1 aliphatic rings. The van der Waals surface area contributed by atoms with Crippen molar-refractivity contribution in [1.29, 1.82) is 0 Å². The number of carbonyl (C=O) groups excluding carboxylic acids is 1. The first-order chi connectivity index (χ1) is 15.9. The standard InChI is InChI=1S/C25H34N2O4S2/c1-20-7-6-8-21(17-20)19-32-16-13-26-25(28)12-9-22-18-23(10-11-24(22)31-2)33(29,30)27-14-4-3-5-15-27/h6-8,10-11,17-18H,3-5,9,12-16,19H2,1-2H3,(H,26,28). The van der Waals surface area contributed by atoms with Gasteiger partial charge in [0.2, 0.25) is 15.9 Å². The van der Waals surface area contributed by atoms with Crippen LogP contribution in [0.4, 0.5) is 0 Å². The first-order valence-electron chi connectivity index (χ1n) is 11.5. The van der Waals surface area contributed by atoms with Gasteiger partial charge < -0.3 is 10.1 Å². The van der Waals surface area contributed by atoms with E-state index in [1.165, 1.54) is 11.1 Å². The lowest BCUT2D eigenvalue weighted by Gasteiger charge is -2.26. The van der Waals surface area contributed by atoms with Crippen molar-refractivity contribution in [3.05, 3.63) is 59.2 Å². The van der Waals surface area contributed by atoms with Gasteiger partial charge in [-0.05, 0) is 55.5 Å². The Bertz CT molecular complexity index is 1030. The number of rotatable bonds is 11. The van der Waals surface area contributed by atoms with Crippen molar-refractivity contribution in [2.24, 2.45) is 0 Å². The Morgan fingerprint density at radius 2 is 1.91 bits per heavy atom.